The topological polar surface area (TPSA) is 52.6 Å². The molecule has 1 aliphatic heterocycles. The summed E-state index contributed by atoms with van der Waals surface area (Å²) in [5, 5.41) is 12.4. The van der Waals surface area contributed by atoms with Crippen LogP contribution in [0.25, 0.3) is 0 Å². The Labute approximate surface area is 187 Å². The number of rotatable bonds is 7. The second-order valence-electron chi connectivity index (χ2n) is 6.79. The first-order valence-corrected chi connectivity index (χ1v) is 11.1. The molecule has 2 aromatic heterocycles. The second kappa shape index (κ2) is 12.0. The number of hydrogen-bond donors (Lipinski definition) is 2. The second-order valence-corrected chi connectivity index (χ2v) is 8.88. The molecule has 2 N–H and O–H groups in total. The Morgan fingerprint density at radius 2 is 2.11 bits per heavy atom. The van der Waals surface area contributed by atoms with Crippen molar-refractivity contribution in [1.29, 1.82) is 0 Å². The van der Waals surface area contributed by atoms with E-state index in [1.165, 1.54) is 23.4 Å². The number of piperidine rings is 1. The maximum Gasteiger partial charge on any atom is 0.190 e. The molecule has 0 spiro atoms. The lowest BCUT2D eigenvalue weighted by atomic mass is 9.97. The number of aryl methyl sites for hydroxylation is 1. The molecule has 1 aliphatic rings. The molecule has 0 amide bonds. The van der Waals surface area contributed by atoms with E-state index in [4.69, 9.17) is 0 Å². The molecule has 27 heavy (non-hydrogen) atoms. The van der Waals surface area contributed by atoms with Crippen LogP contribution in [0.3, 0.4) is 0 Å². The number of guanidine groups is 1. The van der Waals surface area contributed by atoms with E-state index in [-0.39, 0.29) is 24.0 Å². The molecule has 0 radical (unpaired) electrons. The Bertz CT molecular complexity index is 678. The van der Waals surface area contributed by atoms with Gasteiger partial charge in [0.1, 0.15) is 0 Å². The number of thiophene rings is 1. The van der Waals surface area contributed by atoms with Crippen molar-refractivity contribution in [3.8, 4) is 0 Å². The maximum atomic E-state index is 4.58. The van der Waals surface area contributed by atoms with Gasteiger partial charge in [-0.1, -0.05) is 6.07 Å². The van der Waals surface area contributed by atoms with Crippen LogP contribution in [0, 0.1) is 12.8 Å². The fourth-order valence-corrected chi connectivity index (χ4v) is 4.59. The lowest BCUT2D eigenvalue weighted by molar-refractivity contribution is 0.176. The minimum absolute atomic E-state index is 0. The number of hydrogen-bond acceptors (Lipinski definition) is 5. The number of halogens is 1. The average Bonchev–Trinajstić information content (AvgIpc) is 3.31. The third-order valence-corrected chi connectivity index (χ3v) is 6.54. The van der Waals surface area contributed by atoms with Crippen molar-refractivity contribution in [2.24, 2.45) is 10.9 Å². The van der Waals surface area contributed by atoms with Crippen molar-refractivity contribution in [3.63, 3.8) is 0 Å². The first-order valence-electron chi connectivity index (χ1n) is 9.33. The molecule has 3 rings (SSSR count). The fraction of sp³-hybridized carbons (Fsp3) is 0.579. The summed E-state index contributed by atoms with van der Waals surface area (Å²) >= 11 is 3.56. The van der Waals surface area contributed by atoms with Gasteiger partial charge in [0.25, 0.3) is 0 Å². The number of aromatic nitrogens is 1. The number of thiazole rings is 1. The minimum atomic E-state index is 0. The number of nitrogens with one attached hydrogen (secondary N) is 2. The van der Waals surface area contributed by atoms with Crippen LogP contribution in [-0.4, -0.2) is 49.1 Å². The standard InChI is InChI=1S/C19H29N5S2.HI/c1-15-23-17(14-26-15)13-24-9-6-16(7-10-24)12-22-19(20-2)21-8-5-18-4-3-11-25-18;/h3-4,11,14,16H,5-10,12-13H2,1-2H3,(H2,20,21,22);1H. The quantitative estimate of drug-likeness (QED) is 0.333. The Hall–Kier alpha value is -0.710. The van der Waals surface area contributed by atoms with Gasteiger partial charge in [-0.3, -0.25) is 9.89 Å². The summed E-state index contributed by atoms with van der Waals surface area (Å²) in [6, 6.07) is 4.29. The molecule has 150 valence electrons. The highest BCUT2D eigenvalue weighted by Crippen LogP contribution is 2.19. The van der Waals surface area contributed by atoms with Gasteiger partial charge >= 0.3 is 0 Å². The Morgan fingerprint density at radius 3 is 2.74 bits per heavy atom. The molecule has 0 atom stereocenters. The van der Waals surface area contributed by atoms with E-state index >= 15 is 0 Å². The zero-order valence-corrected chi connectivity index (χ0v) is 20.1. The first-order chi connectivity index (χ1) is 12.7. The summed E-state index contributed by atoms with van der Waals surface area (Å²) in [5.74, 6) is 1.64. The van der Waals surface area contributed by atoms with Crippen LogP contribution >= 0.6 is 46.7 Å². The summed E-state index contributed by atoms with van der Waals surface area (Å²) in [7, 11) is 1.85. The van der Waals surface area contributed by atoms with Crippen molar-refractivity contribution in [3.05, 3.63) is 38.5 Å². The minimum Gasteiger partial charge on any atom is -0.356 e. The van der Waals surface area contributed by atoms with Crippen LogP contribution in [-0.2, 0) is 13.0 Å². The Morgan fingerprint density at radius 1 is 1.30 bits per heavy atom. The molecule has 5 nitrogen and oxygen atoms in total. The summed E-state index contributed by atoms with van der Waals surface area (Å²) in [4.78, 5) is 12.9. The molecule has 0 aromatic carbocycles. The van der Waals surface area contributed by atoms with E-state index < -0.39 is 0 Å². The molecule has 8 heteroatoms. The predicted molar refractivity (Wildman–Crippen MR) is 128 cm³/mol. The summed E-state index contributed by atoms with van der Waals surface area (Å²) in [6.07, 6.45) is 3.53. The summed E-state index contributed by atoms with van der Waals surface area (Å²) in [6.45, 7) is 7.32. The van der Waals surface area contributed by atoms with Gasteiger partial charge in [-0.05, 0) is 56.6 Å². The van der Waals surface area contributed by atoms with Crippen LogP contribution in [0.1, 0.15) is 28.4 Å². The zero-order chi connectivity index (χ0) is 18.2. The van der Waals surface area contributed by atoms with Gasteiger partial charge in [-0.2, -0.15) is 0 Å². The zero-order valence-electron chi connectivity index (χ0n) is 16.1. The van der Waals surface area contributed by atoms with Crippen LogP contribution in [0.5, 0.6) is 0 Å². The van der Waals surface area contributed by atoms with E-state index in [9.17, 15) is 0 Å². The van der Waals surface area contributed by atoms with Crippen molar-refractivity contribution in [2.45, 2.75) is 32.7 Å². The highest BCUT2D eigenvalue weighted by molar-refractivity contribution is 14.0. The molecular formula is C19H30IN5S2. The van der Waals surface area contributed by atoms with Crippen LogP contribution in [0.4, 0.5) is 0 Å². The monoisotopic (exact) mass is 519 g/mol. The van der Waals surface area contributed by atoms with E-state index in [1.807, 2.05) is 18.4 Å². The van der Waals surface area contributed by atoms with Crippen LogP contribution < -0.4 is 10.6 Å². The third-order valence-electron chi connectivity index (χ3n) is 4.79. The van der Waals surface area contributed by atoms with Gasteiger partial charge < -0.3 is 10.6 Å². The molecule has 1 saturated heterocycles. The summed E-state index contributed by atoms with van der Waals surface area (Å²) in [5.41, 5.74) is 1.22. The molecule has 3 heterocycles. The molecular weight excluding hydrogens is 489 g/mol. The lowest BCUT2D eigenvalue weighted by Crippen LogP contribution is -2.43. The first kappa shape index (κ1) is 22.6. The number of aliphatic imine (C=N–C) groups is 1. The Balaban J connectivity index is 0.00000261. The SMILES string of the molecule is CN=C(NCCc1cccs1)NCC1CCN(Cc2csc(C)n2)CC1.I. The van der Waals surface area contributed by atoms with E-state index in [0.717, 1.165) is 56.0 Å². The van der Waals surface area contributed by atoms with Crippen molar-refractivity contribution < 1.29 is 0 Å². The van der Waals surface area contributed by atoms with Gasteiger partial charge in [-0.25, -0.2) is 4.98 Å². The van der Waals surface area contributed by atoms with Crippen molar-refractivity contribution in [1.82, 2.24) is 20.5 Å². The largest absolute Gasteiger partial charge is 0.356 e. The Kier molecular flexibility index (Phi) is 10.0. The smallest absolute Gasteiger partial charge is 0.190 e. The molecule has 0 saturated carbocycles. The molecule has 0 bridgehead atoms. The molecule has 1 fully saturated rings. The number of nitrogens with zero attached hydrogens (tertiary/aromatic N) is 3. The average molecular weight is 520 g/mol. The van der Waals surface area contributed by atoms with Gasteiger partial charge in [-0.15, -0.1) is 46.7 Å². The van der Waals surface area contributed by atoms with Gasteiger partial charge in [0.2, 0.25) is 0 Å². The molecule has 0 aliphatic carbocycles. The highest BCUT2D eigenvalue weighted by Gasteiger charge is 2.20. The normalized spacial score (nSPS) is 16.1. The van der Waals surface area contributed by atoms with Crippen molar-refractivity contribution in [2.75, 3.05) is 33.2 Å². The van der Waals surface area contributed by atoms with Crippen LogP contribution in [0.2, 0.25) is 0 Å². The van der Waals surface area contributed by atoms with Gasteiger partial charge in [0, 0.05) is 36.9 Å². The number of likely N-dealkylation sites (tertiary alicyclic amines) is 1. The van der Waals surface area contributed by atoms with Crippen LogP contribution in [0.15, 0.2) is 27.9 Å². The third kappa shape index (κ3) is 7.67. The maximum absolute atomic E-state index is 4.58. The van der Waals surface area contributed by atoms with Crippen molar-refractivity contribution >= 4 is 52.6 Å². The van der Waals surface area contributed by atoms with Gasteiger partial charge in [0.15, 0.2) is 5.96 Å². The van der Waals surface area contributed by atoms with E-state index in [2.05, 4.69) is 55.3 Å². The van der Waals surface area contributed by atoms with E-state index in [0.29, 0.717) is 0 Å². The molecule has 2 aromatic rings. The lowest BCUT2D eigenvalue weighted by Gasteiger charge is -2.31. The summed E-state index contributed by atoms with van der Waals surface area (Å²) < 4.78 is 0. The molecule has 0 unspecified atom stereocenters. The van der Waals surface area contributed by atoms with Gasteiger partial charge in [0.05, 0.1) is 10.7 Å². The van der Waals surface area contributed by atoms with E-state index in [1.54, 1.807) is 11.3 Å². The predicted octanol–water partition coefficient (Wildman–Crippen LogP) is 3.75. The fourth-order valence-electron chi connectivity index (χ4n) is 3.28. The highest BCUT2D eigenvalue weighted by atomic mass is 127.